The van der Waals surface area contributed by atoms with Crippen LogP contribution in [0.25, 0.3) is 0 Å². The fraction of sp³-hybridized carbons (Fsp3) is 0.500. The van der Waals surface area contributed by atoms with Gasteiger partial charge in [-0.3, -0.25) is 5.10 Å². The maximum absolute atomic E-state index is 3.87. The lowest BCUT2D eigenvalue weighted by Crippen LogP contribution is -2.23. The lowest BCUT2D eigenvalue weighted by atomic mass is 10.9. The number of aromatic nitrogens is 3. The number of nitrogens with one attached hydrogen (secondary N) is 1. The van der Waals surface area contributed by atoms with Crippen LogP contribution in [0.5, 0.6) is 0 Å². The van der Waals surface area contributed by atoms with Gasteiger partial charge in [0.2, 0.25) is 0 Å². The molecule has 44 valence electrons. The van der Waals surface area contributed by atoms with E-state index in [0.29, 0.717) is 0 Å². The largest absolute Gasteiger partial charge is 0.266 e. The molecule has 0 spiro atoms. The fourth-order valence-corrected chi connectivity index (χ4v) is 1.19. The predicted molar refractivity (Wildman–Crippen MR) is 34.9 cm³/mol. The summed E-state index contributed by atoms with van der Waals surface area (Å²) in [4.78, 5) is 0. The average Bonchev–Trinajstić information content (AvgIpc) is 2.12. The first kappa shape index (κ1) is 5.49. The van der Waals surface area contributed by atoms with Crippen LogP contribution >= 0.6 is 0 Å². The van der Waals surface area contributed by atoms with Gasteiger partial charge in [-0.1, -0.05) is 18.3 Å². The van der Waals surface area contributed by atoms with Crippen molar-refractivity contribution >= 4 is 14.1 Å². The molecule has 1 aromatic heterocycles. The molecule has 1 heterocycles. The summed E-state index contributed by atoms with van der Waals surface area (Å²) < 4.78 is 0. The van der Waals surface area contributed by atoms with E-state index in [4.69, 9.17) is 0 Å². The predicted octanol–water partition coefficient (Wildman–Crippen LogP) is -0.502. The first-order valence-corrected chi connectivity index (χ1v) is 5.55. The zero-order valence-corrected chi connectivity index (χ0v) is 6.20. The monoisotopic (exact) mass is 127 g/mol. The number of hydrogen-bond acceptors (Lipinski definition) is 2. The second-order valence-corrected chi connectivity index (χ2v) is 4.95. The highest BCUT2D eigenvalue weighted by atomic mass is 28.3. The Kier molecular flexibility index (Phi) is 1.43. The Balaban J connectivity index is 2.77. The van der Waals surface area contributed by atoms with Crippen LogP contribution in [0.1, 0.15) is 0 Å². The number of nitrogens with zero attached hydrogens (tertiary/aromatic N) is 2. The third-order valence-electron chi connectivity index (χ3n) is 1.03. The van der Waals surface area contributed by atoms with Crippen LogP contribution in [0.15, 0.2) is 6.20 Å². The normalized spacial score (nSPS) is 10.4. The SMILES string of the molecule is C[SiH](C)c1c[nH]nn1. The Morgan fingerprint density at radius 3 is 2.62 bits per heavy atom. The Labute approximate surface area is 49.7 Å². The molecule has 3 nitrogen and oxygen atoms in total. The molecule has 0 saturated heterocycles. The van der Waals surface area contributed by atoms with Gasteiger partial charge in [0.05, 0.1) is 14.1 Å². The van der Waals surface area contributed by atoms with Crippen LogP contribution in [0.3, 0.4) is 0 Å². The topological polar surface area (TPSA) is 41.6 Å². The maximum atomic E-state index is 3.87. The second kappa shape index (κ2) is 2.08. The van der Waals surface area contributed by atoms with Crippen molar-refractivity contribution in [1.29, 1.82) is 0 Å². The van der Waals surface area contributed by atoms with Gasteiger partial charge in [0.1, 0.15) is 0 Å². The molecule has 1 aromatic rings. The lowest BCUT2D eigenvalue weighted by molar-refractivity contribution is 0.946. The molecule has 0 aliphatic rings. The molecule has 0 bridgehead atoms. The first-order chi connectivity index (χ1) is 3.80. The summed E-state index contributed by atoms with van der Waals surface area (Å²) in [5, 5.41) is 11.3. The van der Waals surface area contributed by atoms with Crippen molar-refractivity contribution in [3.63, 3.8) is 0 Å². The molecule has 0 unspecified atom stereocenters. The van der Waals surface area contributed by atoms with E-state index in [0.717, 1.165) is 5.32 Å². The summed E-state index contributed by atoms with van der Waals surface area (Å²) in [6, 6.07) is 0. The quantitative estimate of drug-likeness (QED) is 0.517. The third kappa shape index (κ3) is 0.948. The summed E-state index contributed by atoms with van der Waals surface area (Å²) in [6.07, 6.45) is 1.87. The van der Waals surface area contributed by atoms with Crippen molar-refractivity contribution in [2.24, 2.45) is 0 Å². The summed E-state index contributed by atoms with van der Waals surface area (Å²) in [7, 11) is -0.685. The van der Waals surface area contributed by atoms with E-state index in [1.807, 2.05) is 6.20 Å². The smallest absolute Gasteiger partial charge is 0.0930 e. The number of aromatic amines is 1. The second-order valence-electron chi connectivity index (χ2n) is 2.05. The molecule has 4 heteroatoms. The molecule has 0 saturated carbocycles. The van der Waals surface area contributed by atoms with E-state index in [9.17, 15) is 0 Å². The molecule has 0 radical (unpaired) electrons. The van der Waals surface area contributed by atoms with Crippen LogP contribution < -0.4 is 5.32 Å². The van der Waals surface area contributed by atoms with E-state index in [1.54, 1.807) is 0 Å². The lowest BCUT2D eigenvalue weighted by Gasteiger charge is -1.90. The Bertz CT molecular complexity index is 146. The number of hydrogen-bond donors (Lipinski definition) is 1. The molecule has 0 aliphatic carbocycles. The molecule has 0 fully saturated rings. The zero-order chi connectivity index (χ0) is 5.98. The van der Waals surface area contributed by atoms with Crippen molar-refractivity contribution in [2.45, 2.75) is 13.1 Å². The third-order valence-corrected chi connectivity index (χ3v) is 2.49. The van der Waals surface area contributed by atoms with E-state index >= 15 is 0 Å². The van der Waals surface area contributed by atoms with Gasteiger partial charge in [-0.15, -0.1) is 5.10 Å². The molecule has 1 N–H and O–H groups in total. The first-order valence-electron chi connectivity index (χ1n) is 2.67. The molecule has 8 heavy (non-hydrogen) atoms. The summed E-state index contributed by atoms with van der Waals surface area (Å²) in [6.45, 7) is 4.44. The van der Waals surface area contributed by atoms with Gasteiger partial charge in [-0.05, 0) is 0 Å². The highest BCUT2D eigenvalue weighted by Gasteiger charge is 2.00. The number of H-pyrrole nitrogens is 1. The standard InChI is InChI=1S/C4H9N3Si/c1-8(2)4-3-5-7-6-4/h3,8H,1-2H3,(H,5,6,7). The highest BCUT2D eigenvalue weighted by molar-refractivity contribution is 6.69. The molecule has 0 aromatic carbocycles. The van der Waals surface area contributed by atoms with Crippen LogP contribution in [0, 0.1) is 0 Å². The summed E-state index contributed by atoms with van der Waals surface area (Å²) in [5.74, 6) is 0. The van der Waals surface area contributed by atoms with Gasteiger partial charge in [-0.25, -0.2) is 0 Å². The van der Waals surface area contributed by atoms with E-state index < -0.39 is 8.80 Å². The van der Waals surface area contributed by atoms with E-state index in [2.05, 4.69) is 28.5 Å². The van der Waals surface area contributed by atoms with E-state index in [-0.39, 0.29) is 0 Å². The van der Waals surface area contributed by atoms with Gasteiger partial charge in [0.25, 0.3) is 0 Å². The van der Waals surface area contributed by atoms with Gasteiger partial charge < -0.3 is 0 Å². The Hall–Kier alpha value is -0.643. The molecule has 0 aliphatic heterocycles. The Morgan fingerprint density at radius 1 is 1.62 bits per heavy atom. The summed E-state index contributed by atoms with van der Waals surface area (Å²) >= 11 is 0. The zero-order valence-electron chi connectivity index (χ0n) is 5.05. The van der Waals surface area contributed by atoms with Crippen LogP contribution in [0.4, 0.5) is 0 Å². The van der Waals surface area contributed by atoms with Crippen LogP contribution in [0.2, 0.25) is 13.1 Å². The van der Waals surface area contributed by atoms with Gasteiger partial charge in [0.15, 0.2) is 0 Å². The highest BCUT2D eigenvalue weighted by Crippen LogP contribution is 1.75. The van der Waals surface area contributed by atoms with Crippen molar-refractivity contribution in [2.75, 3.05) is 0 Å². The number of rotatable bonds is 1. The van der Waals surface area contributed by atoms with Gasteiger partial charge >= 0.3 is 0 Å². The van der Waals surface area contributed by atoms with Crippen molar-refractivity contribution in [3.8, 4) is 0 Å². The average molecular weight is 127 g/mol. The molecule has 0 amide bonds. The van der Waals surface area contributed by atoms with Gasteiger partial charge in [-0.2, -0.15) is 0 Å². The van der Waals surface area contributed by atoms with Crippen molar-refractivity contribution < 1.29 is 0 Å². The van der Waals surface area contributed by atoms with Crippen molar-refractivity contribution in [3.05, 3.63) is 6.20 Å². The molecule has 1 rings (SSSR count). The van der Waals surface area contributed by atoms with Gasteiger partial charge in [0, 0.05) is 6.20 Å². The minimum Gasteiger partial charge on any atom is -0.266 e. The maximum Gasteiger partial charge on any atom is 0.0930 e. The molecular weight excluding hydrogens is 118 g/mol. The van der Waals surface area contributed by atoms with Crippen molar-refractivity contribution in [1.82, 2.24) is 15.4 Å². The van der Waals surface area contributed by atoms with E-state index in [1.165, 1.54) is 0 Å². The van der Waals surface area contributed by atoms with Crippen LogP contribution in [-0.2, 0) is 0 Å². The Morgan fingerprint density at radius 2 is 2.38 bits per heavy atom. The minimum absolute atomic E-state index is 0.685. The summed E-state index contributed by atoms with van der Waals surface area (Å²) in [5.41, 5.74) is 0. The molecule has 0 atom stereocenters. The molecular formula is C4H9N3Si. The fourth-order valence-electron chi connectivity index (χ4n) is 0.493. The van der Waals surface area contributed by atoms with Crippen LogP contribution in [-0.4, -0.2) is 24.2 Å². The minimum atomic E-state index is -0.685.